The molecule has 0 bridgehead atoms. The van der Waals surface area contributed by atoms with Gasteiger partial charge in [0.05, 0.1) is 6.20 Å². The normalized spacial score (nSPS) is 10.2. The van der Waals surface area contributed by atoms with Crippen molar-refractivity contribution in [2.75, 3.05) is 0 Å². The van der Waals surface area contributed by atoms with Crippen LogP contribution in [-0.2, 0) is 13.6 Å². The predicted octanol–water partition coefficient (Wildman–Crippen LogP) is 2.00. The van der Waals surface area contributed by atoms with Crippen LogP contribution in [0.4, 0.5) is 0 Å². The van der Waals surface area contributed by atoms with Crippen molar-refractivity contribution in [3.8, 4) is 0 Å². The predicted molar refractivity (Wildman–Crippen MR) is 65.8 cm³/mol. The lowest BCUT2D eigenvalue weighted by Crippen LogP contribution is -2.22. The van der Waals surface area contributed by atoms with E-state index in [9.17, 15) is 4.79 Å². The molecular formula is C12H12ClN3O. The number of halogens is 1. The van der Waals surface area contributed by atoms with Gasteiger partial charge in [-0.15, -0.1) is 0 Å². The Bertz CT molecular complexity index is 536. The van der Waals surface area contributed by atoms with Crippen LogP contribution in [0.2, 0.25) is 5.02 Å². The second-order valence-electron chi connectivity index (χ2n) is 3.72. The third-order valence-corrected chi connectivity index (χ3v) is 2.53. The summed E-state index contributed by atoms with van der Waals surface area (Å²) in [7, 11) is 1.84. The molecule has 2 aromatic rings. The molecule has 0 aliphatic carbocycles. The fourth-order valence-corrected chi connectivity index (χ4v) is 1.67. The maximum absolute atomic E-state index is 11.8. The van der Waals surface area contributed by atoms with Crippen molar-refractivity contribution in [3.05, 3.63) is 52.8 Å². The van der Waals surface area contributed by atoms with Crippen molar-refractivity contribution in [2.45, 2.75) is 6.54 Å². The van der Waals surface area contributed by atoms with E-state index in [4.69, 9.17) is 11.6 Å². The number of rotatable bonds is 3. The molecule has 1 amide bonds. The number of hydrogen-bond acceptors (Lipinski definition) is 2. The molecule has 1 aromatic heterocycles. The van der Waals surface area contributed by atoms with E-state index < -0.39 is 0 Å². The molecule has 1 N–H and O–H groups in total. The van der Waals surface area contributed by atoms with Crippen molar-refractivity contribution in [1.29, 1.82) is 0 Å². The van der Waals surface area contributed by atoms with Crippen molar-refractivity contribution < 1.29 is 4.79 Å². The van der Waals surface area contributed by atoms with E-state index in [1.165, 1.54) is 0 Å². The molecule has 0 radical (unpaired) electrons. The van der Waals surface area contributed by atoms with Gasteiger partial charge < -0.3 is 5.32 Å². The van der Waals surface area contributed by atoms with Crippen molar-refractivity contribution in [3.63, 3.8) is 0 Å². The first-order valence-electron chi connectivity index (χ1n) is 5.16. The van der Waals surface area contributed by atoms with Gasteiger partial charge in [-0.3, -0.25) is 9.48 Å². The average Bonchev–Trinajstić information content (AvgIpc) is 2.72. The maximum Gasteiger partial charge on any atom is 0.251 e. The lowest BCUT2D eigenvalue weighted by molar-refractivity contribution is 0.0951. The lowest BCUT2D eigenvalue weighted by atomic mass is 10.2. The highest BCUT2D eigenvalue weighted by Gasteiger charge is 2.05. The minimum atomic E-state index is -0.142. The fourth-order valence-electron chi connectivity index (χ4n) is 1.48. The molecule has 1 heterocycles. The number of aromatic nitrogens is 2. The van der Waals surface area contributed by atoms with Gasteiger partial charge in [-0.2, -0.15) is 5.10 Å². The zero-order valence-corrected chi connectivity index (χ0v) is 10.1. The van der Waals surface area contributed by atoms with Gasteiger partial charge >= 0.3 is 0 Å². The number of amides is 1. The van der Waals surface area contributed by atoms with E-state index in [0.717, 1.165) is 5.56 Å². The van der Waals surface area contributed by atoms with Crippen LogP contribution in [0, 0.1) is 0 Å². The number of benzene rings is 1. The van der Waals surface area contributed by atoms with Gasteiger partial charge in [0.1, 0.15) is 0 Å². The van der Waals surface area contributed by atoms with E-state index >= 15 is 0 Å². The van der Waals surface area contributed by atoms with E-state index in [2.05, 4.69) is 10.4 Å². The third-order valence-electron chi connectivity index (χ3n) is 2.30. The number of carbonyl (C=O) groups excluding carboxylic acids is 1. The molecule has 4 nitrogen and oxygen atoms in total. The summed E-state index contributed by atoms with van der Waals surface area (Å²) in [6, 6.07) is 6.85. The molecule has 17 heavy (non-hydrogen) atoms. The molecule has 0 unspecified atom stereocenters. The molecule has 0 aliphatic heterocycles. The van der Waals surface area contributed by atoms with Crippen molar-refractivity contribution >= 4 is 17.5 Å². The highest BCUT2D eigenvalue weighted by atomic mass is 35.5. The van der Waals surface area contributed by atoms with Crippen molar-refractivity contribution in [2.24, 2.45) is 7.05 Å². The molecule has 0 fully saturated rings. The monoisotopic (exact) mass is 249 g/mol. The molecule has 0 saturated heterocycles. The Morgan fingerprint density at radius 3 is 3.00 bits per heavy atom. The van der Waals surface area contributed by atoms with Crippen molar-refractivity contribution in [1.82, 2.24) is 15.1 Å². The minimum absolute atomic E-state index is 0.142. The lowest BCUT2D eigenvalue weighted by Gasteiger charge is -2.03. The van der Waals surface area contributed by atoms with Crippen LogP contribution in [-0.4, -0.2) is 15.7 Å². The van der Waals surface area contributed by atoms with Crippen LogP contribution in [0.5, 0.6) is 0 Å². The molecule has 0 saturated carbocycles. The highest BCUT2D eigenvalue weighted by Crippen LogP contribution is 2.10. The first-order chi connectivity index (χ1) is 8.15. The molecule has 2 rings (SSSR count). The van der Waals surface area contributed by atoms with Gasteiger partial charge in [-0.25, -0.2) is 0 Å². The van der Waals surface area contributed by atoms with Crippen LogP contribution in [0.25, 0.3) is 0 Å². The SMILES string of the molecule is Cn1cc(CNC(=O)c2cccc(Cl)c2)cn1. The Balaban J connectivity index is 1.98. The first-order valence-corrected chi connectivity index (χ1v) is 5.54. The number of aryl methyl sites for hydroxylation is 1. The Hall–Kier alpha value is -1.81. The minimum Gasteiger partial charge on any atom is -0.348 e. The van der Waals surface area contributed by atoms with Crippen LogP contribution in [0.15, 0.2) is 36.7 Å². The van der Waals surface area contributed by atoms with Crippen LogP contribution >= 0.6 is 11.6 Å². The highest BCUT2D eigenvalue weighted by molar-refractivity contribution is 6.30. The maximum atomic E-state index is 11.8. The van der Waals surface area contributed by atoms with E-state index in [-0.39, 0.29) is 5.91 Å². The molecule has 0 spiro atoms. The molecule has 88 valence electrons. The zero-order valence-electron chi connectivity index (χ0n) is 9.35. The standard InChI is InChI=1S/C12H12ClN3O/c1-16-8-9(7-15-16)6-14-12(17)10-3-2-4-11(13)5-10/h2-5,7-8H,6H2,1H3,(H,14,17). The van der Waals surface area contributed by atoms with Gasteiger partial charge in [0.15, 0.2) is 0 Å². The molecular weight excluding hydrogens is 238 g/mol. The number of carbonyl (C=O) groups is 1. The Kier molecular flexibility index (Phi) is 3.44. The Morgan fingerprint density at radius 2 is 2.35 bits per heavy atom. The zero-order chi connectivity index (χ0) is 12.3. The van der Waals surface area contributed by atoms with Gasteiger partial charge in [-0.05, 0) is 18.2 Å². The van der Waals surface area contributed by atoms with Gasteiger partial charge in [0.2, 0.25) is 0 Å². The van der Waals surface area contributed by atoms with E-state index in [0.29, 0.717) is 17.1 Å². The third kappa shape index (κ3) is 3.07. The quantitative estimate of drug-likeness (QED) is 0.905. The Labute approximate surface area is 104 Å². The summed E-state index contributed by atoms with van der Waals surface area (Å²) < 4.78 is 1.70. The largest absolute Gasteiger partial charge is 0.348 e. The van der Waals surface area contributed by atoms with E-state index in [1.54, 1.807) is 35.1 Å². The molecule has 0 aliphatic rings. The van der Waals surface area contributed by atoms with Gasteiger partial charge in [0, 0.05) is 35.9 Å². The van der Waals surface area contributed by atoms with Gasteiger partial charge in [-0.1, -0.05) is 17.7 Å². The summed E-state index contributed by atoms with van der Waals surface area (Å²) in [4.78, 5) is 11.8. The summed E-state index contributed by atoms with van der Waals surface area (Å²) in [6.07, 6.45) is 3.58. The van der Waals surface area contributed by atoms with Crippen LogP contribution in [0.3, 0.4) is 0 Å². The number of nitrogens with one attached hydrogen (secondary N) is 1. The van der Waals surface area contributed by atoms with Crippen LogP contribution in [0.1, 0.15) is 15.9 Å². The molecule has 1 aromatic carbocycles. The fraction of sp³-hybridized carbons (Fsp3) is 0.167. The second kappa shape index (κ2) is 5.01. The summed E-state index contributed by atoms with van der Waals surface area (Å²) in [5, 5.41) is 7.39. The number of nitrogens with zero attached hydrogens (tertiary/aromatic N) is 2. The van der Waals surface area contributed by atoms with E-state index in [1.807, 2.05) is 13.2 Å². The molecule has 5 heteroatoms. The van der Waals surface area contributed by atoms with Gasteiger partial charge in [0.25, 0.3) is 5.91 Å². The molecule has 0 atom stereocenters. The summed E-state index contributed by atoms with van der Waals surface area (Å²) in [6.45, 7) is 0.458. The smallest absolute Gasteiger partial charge is 0.251 e. The average molecular weight is 250 g/mol. The topological polar surface area (TPSA) is 46.9 Å². The summed E-state index contributed by atoms with van der Waals surface area (Å²) >= 11 is 5.82. The van der Waals surface area contributed by atoms with Crippen LogP contribution < -0.4 is 5.32 Å². The first kappa shape index (κ1) is 11.7. The second-order valence-corrected chi connectivity index (χ2v) is 4.15. The number of hydrogen-bond donors (Lipinski definition) is 1. The summed E-state index contributed by atoms with van der Waals surface area (Å²) in [5.41, 5.74) is 1.52. The summed E-state index contributed by atoms with van der Waals surface area (Å²) in [5.74, 6) is -0.142. The Morgan fingerprint density at radius 1 is 1.53 bits per heavy atom.